The minimum absolute atomic E-state index is 0.0733. The molecule has 1 aliphatic heterocycles. The van der Waals surface area contributed by atoms with Crippen LogP contribution in [-0.4, -0.2) is 11.8 Å². The Balaban J connectivity index is 1.64. The summed E-state index contributed by atoms with van der Waals surface area (Å²) in [4.78, 5) is 28.1. The lowest BCUT2D eigenvalue weighted by molar-refractivity contribution is -0.123. The highest BCUT2D eigenvalue weighted by atomic mass is 16.2. The zero-order valence-electron chi connectivity index (χ0n) is 15.8. The van der Waals surface area contributed by atoms with Gasteiger partial charge in [0.05, 0.1) is 11.1 Å². The van der Waals surface area contributed by atoms with Crippen molar-refractivity contribution in [3.05, 3.63) is 102 Å². The molecule has 138 valence electrons. The predicted molar refractivity (Wildman–Crippen MR) is 109 cm³/mol. The van der Waals surface area contributed by atoms with Crippen LogP contribution in [-0.2, 0) is 15.0 Å². The molecule has 28 heavy (non-hydrogen) atoms. The molecule has 1 heterocycles. The van der Waals surface area contributed by atoms with Crippen molar-refractivity contribution in [2.24, 2.45) is 5.41 Å². The Kier molecular flexibility index (Phi) is 3.57. The van der Waals surface area contributed by atoms with Gasteiger partial charge >= 0.3 is 0 Å². The van der Waals surface area contributed by atoms with E-state index in [4.69, 9.17) is 0 Å². The van der Waals surface area contributed by atoms with Gasteiger partial charge in [-0.2, -0.15) is 0 Å². The Morgan fingerprint density at radius 1 is 0.786 bits per heavy atom. The van der Waals surface area contributed by atoms with Gasteiger partial charge in [0, 0.05) is 11.8 Å². The zero-order chi connectivity index (χ0) is 19.4. The van der Waals surface area contributed by atoms with Crippen LogP contribution in [0.1, 0.15) is 29.5 Å². The average molecular weight is 367 g/mol. The maximum absolute atomic E-state index is 13.7. The van der Waals surface area contributed by atoms with Gasteiger partial charge in [-0.15, -0.1) is 0 Å². The Morgan fingerprint density at radius 2 is 1.39 bits per heavy atom. The van der Waals surface area contributed by atoms with Crippen LogP contribution in [0.4, 0.5) is 5.69 Å². The molecule has 0 bridgehead atoms. The van der Waals surface area contributed by atoms with Crippen LogP contribution in [0, 0.1) is 12.3 Å². The van der Waals surface area contributed by atoms with Gasteiger partial charge in [-0.25, -0.2) is 0 Å². The number of anilines is 1. The number of imide groups is 1. The van der Waals surface area contributed by atoms with Crippen LogP contribution in [0.5, 0.6) is 0 Å². The fraction of sp³-hybridized carbons (Fsp3) is 0.200. The van der Waals surface area contributed by atoms with Crippen LogP contribution in [0.15, 0.2) is 84.9 Å². The standard InChI is InChI=1S/C25H21NO2/c1-18-9-8-14-21(15-18)26-22(27)16-24(23(26)28)17-25(24,19-10-4-2-5-11-19)20-12-6-3-7-13-20/h2-15H,16-17H2,1H3/t24-/m1/s1. The Morgan fingerprint density at radius 3 is 1.96 bits per heavy atom. The van der Waals surface area contributed by atoms with E-state index in [1.165, 1.54) is 4.90 Å². The second-order valence-electron chi connectivity index (χ2n) is 7.95. The summed E-state index contributed by atoms with van der Waals surface area (Å²) in [5, 5.41) is 0. The Hall–Kier alpha value is -3.20. The number of aryl methyl sites for hydroxylation is 1. The van der Waals surface area contributed by atoms with Crippen molar-refractivity contribution in [1.82, 2.24) is 0 Å². The van der Waals surface area contributed by atoms with Gasteiger partial charge < -0.3 is 0 Å². The van der Waals surface area contributed by atoms with E-state index >= 15 is 0 Å². The molecule has 1 spiro atoms. The first-order valence-electron chi connectivity index (χ1n) is 9.64. The molecule has 1 saturated carbocycles. The van der Waals surface area contributed by atoms with Crippen LogP contribution in [0.25, 0.3) is 0 Å². The van der Waals surface area contributed by atoms with Gasteiger partial charge in [0.2, 0.25) is 11.8 Å². The zero-order valence-corrected chi connectivity index (χ0v) is 15.8. The summed E-state index contributed by atoms with van der Waals surface area (Å²) < 4.78 is 0. The molecule has 0 unspecified atom stereocenters. The molecule has 0 aromatic heterocycles. The SMILES string of the molecule is Cc1cccc(N2C(=O)C[C@@]3(CC3(c3ccccc3)c3ccccc3)C2=O)c1. The van der Waals surface area contributed by atoms with Crippen LogP contribution >= 0.6 is 0 Å². The van der Waals surface area contributed by atoms with Crippen molar-refractivity contribution in [2.45, 2.75) is 25.2 Å². The number of carbonyl (C=O) groups excluding carboxylic acids is 2. The number of hydrogen-bond acceptors (Lipinski definition) is 2. The number of carbonyl (C=O) groups is 2. The van der Waals surface area contributed by atoms with Crippen molar-refractivity contribution in [2.75, 3.05) is 4.90 Å². The Bertz CT molecular complexity index is 1030. The minimum atomic E-state index is -0.698. The first kappa shape index (κ1) is 16.9. The maximum atomic E-state index is 13.7. The second-order valence-corrected chi connectivity index (χ2v) is 7.95. The summed E-state index contributed by atoms with van der Waals surface area (Å²) in [5.74, 6) is -0.180. The largest absolute Gasteiger partial charge is 0.274 e. The maximum Gasteiger partial charge on any atom is 0.241 e. The molecule has 3 heteroatoms. The summed E-state index contributed by atoms with van der Waals surface area (Å²) in [6, 6.07) is 27.9. The quantitative estimate of drug-likeness (QED) is 0.633. The van der Waals surface area contributed by atoms with E-state index in [9.17, 15) is 9.59 Å². The van der Waals surface area contributed by atoms with Crippen molar-refractivity contribution >= 4 is 17.5 Å². The summed E-state index contributed by atoms with van der Waals surface area (Å²) in [7, 11) is 0. The molecular weight excluding hydrogens is 346 g/mol. The van der Waals surface area contributed by atoms with Crippen LogP contribution < -0.4 is 4.90 Å². The third-order valence-electron chi connectivity index (χ3n) is 6.37. The number of rotatable bonds is 3. The first-order chi connectivity index (χ1) is 13.6. The molecule has 2 fully saturated rings. The van der Waals surface area contributed by atoms with Crippen molar-refractivity contribution in [1.29, 1.82) is 0 Å². The van der Waals surface area contributed by atoms with E-state index in [2.05, 4.69) is 24.3 Å². The molecule has 1 saturated heterocycles. The molecule has 3 aromatic carbocycles. The van der Waals surface area contributed by atoms with E-state index in [1.54, 1.807) is 0 Å². The number of amides is 2. The van der Waals surface area contributed by atoms with E-state index < -0.39 is 10.8 Å². The molecule has 3 aromatic rings. The normalized spacial score (nSPS) is 22.7. The van der Waals surface area contributed by atoms with Gasteiger partial charge in [0.15, 0.2) is 0 Å². The molecule has 1 aliphatic carbocycles. The van der Waals surface area contributed by atoms with Crippen molar-refractivity contribution in [3.8, 4) is 0 Å². The lowest BCUT2D eigenvalue weighted by Gasteiger charge is -2.23. The van der Waals surface area contributed by atoms with E-state index in [0.717, 1.165) is 16.7 Å². The lowest BCUT2D eigenvalue weighted by atomic mass is 9.79. The predicted octanol–water partition coefficient (Wildman–Crippen LogP) is 4.63. The molecule has 1 atom stereocenters. The Labute approximate surface area is 164 Å². The number of hydrogen-bond donors (Lipinski definition) is 0. The van der Waals surface area contributed by atoms with Crippen LogP contribution in [0.2, 0.25) is 0 Å². The number of benzene rings is 3. The summed E-state index contributed by atoms with van der Waals surface area (Å²) in [5.41, 5.74) is 2.78. The summed E-state index contributed by atoms with van der Waals surface area (Å²) in [6.45, 7) is 1.97. The van der Waals surface area contributed by atoms with Crippen molar-refractivity contribution in [3.63, 3.8) is 0 Å². The smallest absolute Gasteiger partial charge is 0.241 e. The molecular formula is C25H21NO2. The highest BCUT2D eigenvalue weighted by molar-refractivity contribution is 6.25. The highest BCUT2D eigenvalue weighted by Crippen LogP contribution is 2.72. The lowest BCUT2D eigenvalue weighted by Crippen LogP contribution is -2.33. The van der Waals surface area contributed by atoms with Gasteiger partial charge in [-0.1, -0.05) is 72.8 Å². The fourth-order valence-electron chi connectivity index (χ4n) is 5.02. The van der Waals surface area contributed by atoms with Gasteiger partial charge in [0.25, 0.3) is 0 Å². The topological polar surface area (TPSA) is 37.4 Å². The molecule has 2 amide bonds. The highest BCUT2D eigenvalue weighted by Gasteiger charge is 2.77. The minimum Gasteiger partial charge on any atom is -0.274 e. The van der Waals surface area contributed by atoms with Gasteiger partial charge in [-0.3, -0.25) is 14.5 Å². The molecule has 3 nitrogen and oxygen atoms in total. The molecule has 0 N–H and O–H groups in total. The third-order valence-corrected chi connectivity index (χ3v) is 6.37. The number of nitrogens with zero attached hydrogens (tertiary/aromatic N) is 1. The summed E-state index contributed by atoms with van der Waals surface area (Å²) in [6.07, 6.45) is 0.921. The van der Waals surface area contributed by atoms with E-state index in [-0.39, 0.29) is 18.2 Å². The summed E-state index contributed by atoms with van der Waals surface area (Å²) >= 11 is 0. The fourth-order valence-corrected chi connectivity index (χ4v) is 5.02. The monoisotopic (exact) mass is 367 g/mol. The third kappa shape index (κ3) is 2.16. The van der Waals surface area contributed by atoms with E-state index in [0.29, 0.717) is 12.1 Å². The average Bonchev–Trinajstić information content (AvgIpc) is 3.33. The van der Waals surface area contributed by atoms with Gasteiger partial charge in [-0.05, 0) is 42.2 Å². The second kappa shape index (κ2) is 5.90. The van der Waals surface area contributed by atoms with Crippen LogP contribution in [0.3, 0.4) is 0 Å². The molecule has 0 radical (unpaired) electrons. The van der Waals surface area contributed by atoms with E-state index in [1.807, 2.05) is 67.6 Å². The molecule has 2 aliphatic rings. The first-order valence-corrected chi connectivity index (χ1v) is 9.64. The van der Waals surface area contributed by atoms with Gasteiger partial charge in [0.1, 0.15) is 0 Å². The van der Waals surface area contributed by atoms with Crippen molar-refractivity contribution < 1.29 is 9.59 Å². The molecule has 5 rings (SSSR count).